The maximum absolute atomic E-state index is 15.7. The van der Waals surface area contributed by atoms with Crippen molar-refractivity contribution in [1.29, 1.82) is 0 Å². The Morgan fingerprint density at radius 1 is 0.972 bits per heavy atom. The number of rotatable bonds is 8. The fraction of sp³-hybridized carbons (Fsp3) is 0.167. The van der Waals surface area contributed by atoms with E-state index in [0.717, 1.165) is 18.2 Å². The van der Waals surface area contributed by atoms with Gasteiger partial charge in [-0.05, 0) is 62.1 Å². The largest absolute Gasteiger partial charge is 0.308 e. The smallest absolute Gasteiger partial charge is 0.265 e. The van der Waals surface area contributed by atoms with Crippen LogP contribution in [0.15, 0.2) is 66.0 Å². The molecule has 4 aromatic rings. The Morgan fingerprint density at radius 3 is 2.36 bits per heavy atom. The van der Waals surface area contributed by atoms with Gasteiger partial charge >= 0.3 is 0 Å². The normalized spacial score (nSPS) is 11.8. The Bertz CT molecular complexity index is 1510. The molecule has 0 aliphatic heterocycles. The van der Waals surface area contributed by atoms with Gasteiger partial charge in [-0.25, -0.2) is 26.0 Å². The number of sulfonamides is 1. The molecule has 2 heterocycles. The summed E-state index contributed by atoms with van der Waals surface area (Å²) in [5.41, 5.74) is -0.315. The van der Waals surface area contributed by atoms with Crippen LogP contribution in [-0.2, 0) is 16.6 Å². The maximum atomic E-state index is 15.7. The number of hydrogen-bond acceptors (Lipinski definition) is 5. The number of benzene rings is 2. The molecule has 0 aliphatic carbocycles. The van der Waals surface area contributed by atoms with Crippen LogP contribution < -0.4 is 4.72 Å². The van der Waals surface area contributed by atoms with Crippen LogP contribution in [0, 0.1) is 23.3 Å². The Hall–Kier alpha value is -3.77. The van der Waals surface area contributed by atoms with Gasteiger partial charge in [0.15, 0.2) is 5.82 Å². The molecule has 0 saturated heterocycles. The Morgan fingerprint density at radius 2 is 1.67 bits per heavy atom. The van der Waals surface area contributed by atoms with E-state index in [1.165, 1.54) is 17.1 Å². The van der Waals surface area contributed by atoms with E-state index in [9.17, 15) is 17.2 Å². The summed E-state index contributed by atoms with van der Waals surface area (Å²) in [6, 6.07) is 6.87. The van der Waals surface area contributed by atoms with Crippen LogP contribution in [0.25, 0.3) is 22.4 Å². The quantitative estimate of drug-likeness (QED) is 0.346. The van der Waals surface area contributed by atoms with Crippen LogP contribution in [0.2, 0.25) is 0 Å². The molecule has 12 heteroatoms. The number of anilines is 1. The number of aromatic nitrogens is 3. The number of hydrogen-bond donors (Lipinski definition) is 1. The lowest BCUT2D eigenvalue weighted by Gasteiger charge is -2.13. The molecule has 0 bridgehead atoms. The first-order valence-electron chi connectivity index (χ1n) is 10.7. The molecule has 1 N–H and O–H groups in total. The number of nitrogens with zero attached hydrogens (tertiary/aromatic N) is 4. The zero-order valence-corrected chi connectivity index (χ0v) is 20.0. The summed E-state index contributed by atoms with van der Waals surface area (Å²) in [7, 11) is -1.01. The minimum atomic E-state index is -4.74. The van der Waals surface area contributed by atoms with E-state index >= 15 is 8.78 Å². The molecule has 0 amide bonds. The molecule has 0 spiro atoms. The highest BCUT2D eigenvalue weighted by Crippen LogP contribution is 2.37. The summed E-state index contributed by atoms with van der Waals surface area (Å²) in [6.45, 7) is 1.01. The van der Waals surface area contributed by atoms with Gasteiger partial charge < -0.3 is 4.90 Å². The van der Waals surface area contributed by atoms with E-state index in [2.05, 4.69) is 10.1 Å². The molecular weight excluding hydrogens is 498 g/mol. The van der Waals surface area contributed by atoms with Gasteiger partial charge in [-0.2, -0.15) is 5.10 Å². The molecule has 0 aliphatic rings. The van der Waals surface area contributed by atoms with Crippen molar-refractivity contribution in [2.24, 2.45) is 0 Å². The van der Waals surface area contributed by atoms with Gasteiger partial charge in [-0.3, -0.25) is 14.4 Å². The Kier molecular flexibility index (Phi) is 7.09. The second-order valence-corrected chi connectivity index (χ2v) is 9.81. The van der Waals surface area contributed by atoms with Crippen LogP contribution in [0.1, 0.15) is 0 Å². The standard InChI is InChI=1S/C24H21F4N5O2S/c1-32(2)11-12-33-14-17(15-7-9-29-10-8-15)24(30-33)22-19(27)5-6-20(23(22)28)31-36(34,35)21-13-16(25)3-4-18(21)26/h3-10,13-14,31H,11-12H2,1-2H3. The number of likely N-dealkylation sites (N-methyl/N-ethyl adjacent to an activating group) is 1. The molecule has 0 saturated carbocycles. The van der Waals surface area contributed by atoms with Gasteiger partial charge in [-0.1, -0.05) is 0 Å². The monoisotopic (exact) mass is 519 g/mol. The van der Waals surface area contributed by atoms with Crippen LogP contribution in [0.4, 0.5) is 23.2 Å². The predicted octanol–water partition coefficient (Wildman–Crippen LogP) is 4.53. The molecule has 0 radical (unpaired) electrons. The Balaban J connectivity index is 1.82. The first-order valence-corrected chi connectivity index (χ1v) is 12.1. The minimum Gasteiger partial charge on any atom is -0.308 e. The highest BCUT2D eigenvalue weighted by Gasteiger charge is 2.26. The average Bonchev–Trinajstić information content (AvgIpc) is 3.25. The van der Waals surface area contributed by atoms with E-state index in [1.54, 1.807) is 18.3 Å². The molecule has 4 rings (SSSR count). The second kappa shape index (κ2) is 10.1. The lowest BCUT2D eigenvalue weighted by molar-refractivity contribution is 0.373. The summed E-state index contributed by atoms with van der Waals surface area (Å²) >= 11 is 0. The summed E-state index contributed by atoms with van der Waals surface area (Å²) in [5.74, 6) is -4.47. The number of halogens is 4. The van der Waals surface area contributed by atoms with E-state index in [1.807, 2.05) is 23.7 Å². The van der Waals surface area contributed by atoms with Crippen LogP contribution in [0.5, 0.6) is 0 Å². The van der Waals surface area contributed by atoms with Gasteiger partial charge in [0.1, 0.15) is 28.0 Å². The summed E-state index contributed by atoms with van der Waals surface area (Å²) < 4.78 is 87.1. The van der Waals surface area contributed by atoms with E-state index in [-0.39, 0.29) is 5.69 Å². The van der Waals surface area contributed by atoms with Crippen molar-refractivity contribution in [2.75, 3.05) is 25.4 Å². The number of pyridine rings is 1. The molecule has 2 aromatic heterocycles. The van der Waals surface area contributed by atoms with Crippen molar-refractivity contribution in [3.05, 3.63) is 84.3 Å². The van der Waals surface area contributed by atoms with Crippen molar-refractivity contribution in [1.82, 2.24) is 19.7 Å². The van der Waals surface area contributed by atoms with Gasteiger partial charge in [0, 0.05) is 30.7 Å². The van der Waals surface area contributed by atoms with Gasteiger partial charge in [-0.15, -0.1) is 0 Å². The molecule has 0 atom stereocenters. The van der Waals surface area contributed by atoms with Crippen LogP contribution in [0.3, 0.4) is 0 Å². The van der Waals surface area contributed by atoms with Crippen molar-refractivity contribution >= 4 is 15.7 Å². The highest BCUT2D eigenvalue weighted by atomic mass is 32.2. The maximum Gasteiger partial charge on any atom is 0.265 e. The van der Waals surface area contributed by atoms with Crippen molar-refractivity contribution in [2.45, 2.75) is 11.4 Å². The second-order valence-electron chi connectivity index (χ2n) is 8.16. The van der Waals surface area contributed by atoms with Crippen LogP contribution in [-0.4, -0.2) is 48.7 Å². The zero-order valence-electron chi connectivity index (χ0n) is 19.2. The molecule has 2 aromatic carbocycles. The average molecular weight is 520 g/mol. The fourth-order valence-corrected chi connectivity index (χ4v) is 4.65. The lowest BCUT2D eigenvalue weighted by atomic mass is 10.0. The highest BCUT2D eigenvalue weighted by molar-refractivity contribution is 7.92. The van der Waals surface area contributed by atoms with E-state index < -0.39 is 49.4 Å². The molecule has 7 nitrogen and oxygen atoms in total. The van der Waals surface area contributed by atoms with Gasteiger partial charge in [0.25, 0.3) is 10.0 Å². The Labute approximate surface area is 205 Å². The van der Waals surface area contributed by atoms with E-state index in [0.29, 0.717) is 36.3 Å². The predicted molar refractivity (Wildman–Crippen MR) is 127 cm³/mol. The SMILES string of the molecule is CN(C)CCn1cc(-c2ccncc2)c(-c2c(F)ccc(NS(=O)(=O)c3cc(F)ccc3F)c2F)n1. The molecule has 0 fully saturated rings. The minimum absolute atomic E-state index is 0.0621. The molecule has 36 heavy (non-hydrogen) atoms. The zero-order chi connectivity index (χ0) is 26.0. The first kappa shape index (κ1) is 25.3. The lowest BCUT2D eigenvalue weighted by Crippen LogP contribution is -2.18. The van der Waals surface area contributed by atoms with Gasteiger partial charge in [0.05, 0.1) is 17.8 Å². The molecular formula is C24H21F4N5O2S. The third-order valence-corrected chi connectivity index (χ3v) is 6.66. The van der Waals surface area contributed by atoms with Crippen molar-refractivity contribution < 1.29 is 26.0 Å². The summed E-state index contributed by atoms with van der Waals surface area (Å²) in [5, 5.41) is 4.37. The topological polar surface area (TPSA) is 80.1 Å². The summed E-state index contributed by atoms with van der Waals surface area (Å²) in [4.78, 5) is 4.85. The van der Waals surface area contributed by atoms with Crippen molar-refractivity contribution in [3.63, 3.8) is 0 Å². The van der Waals surface area contributed by atoms with E-state index in [4.69, 9.17) is 0 Å². The van der Waals surface area contributed by atoms with Crippen molar-refractivity contribution in [3.8, 4) is 22.4 Å². The molecule has 0 unspecified atom stereocenters. The first-order chi connectivity index (χ1) is 17.1. The summed E-state index contributed by atoms with van der Waals surface area (Å²) in [6.07, 6.45) is 4.66. The van der Waals surface area contributed by atoms with Crippen LogP contribution >= 0.6 is 0 Å². The fourth-order valence-electron chi connectivity index (χ4n) is 3.50. The third-order valence-electron chi connectivity index (χ3n) is 5.28. The third kappa shape index (κ3) is 5.24. The molecule has 188 valence electrons. The van der Waals surface area contributed by atoms with Gasteiger partial charge in [0.2, 0.25) is 0 Å². The number of nitrogens with one attached hydrogen (secondary N) is 1.